The molecule has 94 valence electrons. The van der Waals surface area contributed by atoms with Gasteiger partial charge in [0, 0.05) is 13.2 Å². The van der Waals surface area contributed by atoms with E-state index in [1.807, 2.05) is 0 Å². The summed E-state index contributed by atoms with van der Waals surface area (Å²) in [5, 5.41) is 9.15. The van der Waals surface area contributed by atoms with E-state index < -0.39 is 5.91 Å². The summed E-state index contributed by atoms with van der Waals surface area (Å²) in [5.74, 6) is 0.518. The van der Waals surface area contributed by atoms with E-state index in [0.29, 0.717) is 22.2 Å². The SMILES string of the molecule is CNc1ncc(C(=O)Nc2nc(C)no2)cc1Cl. The van der Waals surface area contributed by atoms with Crippen molar-refractivity contribution < 1.29 is 9.32 Å². The summed E-state index contributed by atoms with van der Waals surface area (Å²) in [5.41, 5.74) is 0.301. The van der Waals surface area contributed by atoms with Crippen molar-refractivity contribution in [2.24, 2.45) is 0 Å². The summed E-state index contributed by atoms with van der Waals surface area (Å²) < 4.78 is 4.77. The van der Waals surface area contributed by atoms with E-state index in [0.717, 1.165) is 0 Å². The van der Waals surface area contributed by atoms with Crippen molar-refractivity contribution in [2.75, 3.05) is 17.7 Å². The second kappa shape index (κ2) is 5.01. The molecule has 0 unspecified atom stereocenters. The molecule has 0 saturated heterocycles. The van der Waals surface area contributed by atoms with E-state index in [9.17, 15) is 4.79 Å². The first kappa shape index (κ1) is 12.3. The van der Waals surface area contributed by atoms with Gasteiger partial charge >= 0.3 is 6.01 Å². The number of pyridine rings is 1. The average molecular weight is 268 g/mol. The van der Waals surface area contributed by atoms with Gasteiger partial charge in [0.25, 0.3) is 5.91 Å². The minimum absolute atomic E-state index is 0.0336. The Morgan fingerprint density at radius 3 is 2.83 bits per heavy atom. The number of aromatic nitrogens is 3. The van der Waals surface area contributed by atoms with Crippen LogP contribution in [-0.4, -0.2) is 28.1 Å². The highest BCUT2D eigenvalue weighted by Gasteiger charge is 2.12. The quantitative estimate of drug-likeness (QED) is 0.879. The van der Waals surface area contributed by atoms with Crippen LogP contribution in [0.2, 0.25) is 5.02 Å². The molecule has 0 aliphatic rings. The molecule has 0 radical (unpaired) electrons. The Labute approximate surface area is 108 Å². The van der Waals surface area contributed by atoms with E-state index in [2.05, 4.69) is 25.8 Å². The Morgan fingerprint density at radius 2 is 2.28 bits per heavy atom. The zero-order valence-corrected chi connectivity index (χ0v) is 10.4. The van der Waals surface area contributed by atoms with Gasteiger partial charge in [-0.1, -0.05) is 16.8 Å². The standard InChI is InChI=1S/C10H10ClN5O2/c1-5-14-10(18-16-5)15-9(17)6-3-7(11)8(12-2)13-4-6/h3-4H,1-2H3,(H,12,13)(H,14,15,16,17). The predicted octanol–water partition coefficient (Wildman–Crippen LogP) is 1.72. The van der Waals surface area contributed by atoms with Crippen LogP contribution in [-0.2, 0) is 0 Å². The number of amides is 1. The molecule has 18 heavy (non-hydrogen) atoms. The molecular weight excluding hydrogens is 258 g/mol. The number of carbonyl (C=O) groups is 1. The van der Waals surface area contributed by atoms with Crippen molar-refractivity contribution in [3.05, 3.63) is 28.7 Å². The van der Waals surface area contributed by atoms with E-state index in [-0.39, 0.29) is 6.01 Å². The number of hydrogen-bond donors (Lipinski definition) is 2. The van der Waals surface area contributed by atoms with Crippen LogP contribution in [0.3, 0.4) is 0 Å². The van der Waals surface area contributed by atoms with Gasteiger partial charge < -0.3 is 9.84 Å². The topological polar surface area (TPSA) is 92.9 Å². The minimum atomic E-state index is -0.421. The zero-order chi connectivity index (χ0) is 13.1. The van der Waals surface area contributed by atoms with Crippen LogP contribution in [0.15, 0.2) is 16.8 Å². The molecule has 2 heterocycles. The number of anilines is 2. The predicted molar refractivity (Wildman–Crippen MR) is 65.8 cm³/mol. The largest absolute Gasteiger partial charge is 0.372 e. The molecule has 0 atom stereocenters. The monoisotopic (exact) mass is 267 g/mol. The summed E-state index contributed by atoms with van der Waals surface area (Å²) in [7, 11) is 1.69. The third-order valence-electron chi connectivity index (χ3n) is 2.09. The Bertz CT molecular complexity index is 583. The van der Waals surface area contributed by atoms with Gasteiger partial charge in [-0.15, -0.1) is 0 Å². The molecule has 2 aromatic heterocycles. The van der Waals surface area contributed by atoms with Crippen LogP contribution in [0.4, 0.5) is 11.8 Å². The fourth-order valence-electron chi connectivity index (χ4n) is 1.26. The van der Waals surface area contributed by atoms with Gasteiger partial charge in [-0.25, -0.2) is 4.98 Å². The highest BCUT2D eigenvalue weighted by Crippen LogP contribution is 2.19. The third-order valence-corrected chi connectivity index (χ3v) is 2.38. The van der Waals surface area contributed by atoms with Crippen LogP contribution in [0.1, 0.15) is 16.2 Å². The molecule has 1 amide bonds. The number of nitrogens with one attached hydrogen (secondary N) is 2. The number of aryl methyl sites for hydroxylation is 1. The maximum absolute atomic E-state index is 11.8. The first-order chi connectivity index (χ1) is 8.60. The number of carbonyl (C=O) groups excluding carboxylic acids is 1. The summed E-state index contributed by atoms with van der Waals surface area (Å²) in [4.78, 5) is 19.7. The Kier molecular flexibility index (Phi) is 3.42. The molecule has 0 aromatic carbocycles. The van der Waals surface area contributed by atoms with Gasteiger partial charge in [-0.2, -0.15) is 4.98 Å². The van der Waals surface area contributed by atoms with Crippen molar-refractivity contribution in [1.82, 2.24) is 15.1 Å². The third kappa shape index (κ3) is 2.57. The maximum atomic E-state index is 11.8. The van der Waals surface area contributed by atoms with Crippen molar-refractivity contribution in [1.29, 1.82) is 0 Å². The lowest BCUT2D eigenvalue weighted by Crippen LogP contribution is -2.13. The van der Waals surface area contributed by atoms with Crippen LogP contribution in [0, 0.1) is 6.92 Å². The van der Waals surface area contributed by atoms with Crippen LogP contribution >= 0.6 is 11.6 Å². The first-order valence-corrected chi connectivity index (χ1v) is 5.43. The van der Waals surface area contributed by atoms with Gasteiger partial charge in [0.1, 0.15) is 5.82 Å². The molecule has 0 aliphatic carbocycles. The van der Waals surface area contributed by atoms with Gasteiger partial charge in [-0.3, -0.25) is 10.1 Å². The molecule has 2 aromatic rings. The molecule has 0 saturated carbocycles. The van der Waals surface area contributed by atoms with Gasteiger partial charge in [0.15, 0.2) is 5.82 Å². The molecule has 0 spiro atoms. The Morgan fingerprint density at radius 1 is 1.50 bits per heavy atom. The molecule has 0 aliphatic heterocycles. The molecule has 2 N–H and O–H groups in total. The lowest BCUT2D eigenvalue weighted by molar-refractivity contribution is 0.102. The maximum Gasteiger partial charge on any atom is 0.328 e. The summed E-state index contributed by atoms with van der Waals surface area (Å²) in [6.45, 7) is 1.65. The molecule has 7 nitrogen and oxygen atoms in total. The highest BCUT2D eigenvalue weighted by molar-refractivity contribution is 6.33. The molecule has 0 fully saturated rings. The van der Waals surface area contributed by atoms with E-state index in [1.165, 1.54) is 12.3 Å². The summed E-state index contributed by atoms with van der Waals surface area (Å²) in [6.07, 6.45) is 1.40. The minimum Gasteiger partial charge on any atom is -0.372 e. The van der Waals surface area contributed by atoms with Crippen molar-refractivity contribution in [3.8, 4) is 0 Å². The first-order valence-electron chi connectivity index (χ1n) is 5.05. The lowest BCUT2D eigenvalue weighted by atomic mass is 10.2. The second-order valence-corrected chi connectivity index (χ2v) is 3.81. The average Bonchev–Trinajstić information content (AvgIpc) is 2.74. The highest BCUT2D eigenvalue weighted by atomic mass is 35.5. The number of hydrogen-bond acceptors (Lipinski definition) is 6. The van der Waals surface area contributed by atoms with E-state index >= 15 is 0 Å². The normalized spacial score (nSPS) is 10.2. The summed E-state index contributed by atoms with van der Waals surface area (Å²) in [6, 6.07) is 1.53. The Balaban J connectivity index is 2.16. The zero-order valence-electron chi connectivity index (χ0n) is 9.69. The van der Waals surface area contributed by atoms with Gasteiger partial charge in [0.2, 0.25) is 0 Å². The fourth-order valence-corrected chi connectivity index (χ4v) is 1.52. The van der Waals surface area contributed by atoms with Crippen molar-refractivity contribution in [3.63, 3.8) is 0 Å². The van der Waals surface area contributed by atoms with E-state index in [1.54, 1.807) is 14.0 Å². The van der Waals surface area contributed by atoms with Crippen LogP contribution in [0.25, 0.3) is 0 Å². The Hall–Kier alpha value is -2.15. The number of halogens is 1. The number of rotatable bonds is 3. The molecule has 0 bridgehead atoms. The lowest BCUT2D eigenvalue weighted by Gasteiger charge is -2.04. The van der Waals surface area contributed by atoms with Gasteiger partial charge in [0.05, 0.1) is 10.6 Å². The number of nitrogens with zero attached hydrogens (tertiary/aromatic N) is 3. The summed E-state index contributed by atoms with van der Waals surface area (Å²) >= 11 is 5.92. The molecular formula is C10H10ClN5O2. The second-order valence-electron chi connectivity index (χ2n) is 3.41. The molecule has 2 rings (SSSR count). The van der Waals surface area contributed by atoms with Crippen LogP contribution in [0.5, 0.6) is 0 Å². The van der Waals surface area contributed by atoms with E-state index in [4.69, 9.17) is 16.1 Å². The van der Waals surface area contributed by atoms with Crippen LogP contribution < -0.4 is 10.6 Å². The fraction of sp³-hybridized carbons (Fsp3) is 0.200. The molecule has 8 heteroatoms. The smallest absolute Gasteiger partial charge is 0.328 e. The van der Waals surface area contributed by atoms with Crippen molar-refractivity contribution in [2.45, 2.75) is 6.92 Å². The van der Waals surface area contributed by atoms with Crippen molar-refractivity contribution >= 4 is 29.3 Å². The van der Waals surface area contributed by atoms with Gasteiger partial charge in [-0.05, 0) is 13.0 Å².